The fourth-order valence-corrected chi connectivity index (χ4v) is 4.40. The van der Waals surface area contributed by atoms with Gasteiger partial charge in [0.05, 0.1) is 30.8 Å². The molecule has 0 spiro atoms. The molecule has 1 aromatic heterocycles. The molecular formula is C25H33N3O2. The number of para-hydroxylation sites is 2. The van der Waals surface area contributed by atoms with Crippen molar-refractivity contribution < 1.29 is 9.47 Å². The zero-order valence-corrected chi connectivity index (χ0v) is 18.2. The van der Waals surface area contributed by atoms with Crippen molar-refractivity contribution in [2.45, 2.75) is 51.6 Å². The lowest BCUT2D eigenvalue weighted by molar-refractivity contribution is 0.206. The molecule has 0 saturated carbocycles. The van der Waals surface area contributed by atoms with E-state index in [1.165, 1.54) is 50.1 Å². The Balaban J connectivity index is 1.47. The lowest BCUT2D eigenvalue weighted by Gasteiger charge is -2.27. The van der Waals surface area contributed by atoms with Crippen molar-refractivity contribution >= 4 is 11.0 Å². The molecule has 3 aromatic rings. The fraction of sp³-hybridized carbons (Fsp3) is 0.480. The van der Waals surface area contributed by atoms with Gasteiger partial charge in [-0.2, -0.15) is 0 Å². The van der Waals surface area contributed by atoms with E-state index in [9.17, 15) is 0 Å². The summed E-state index contributed by atoms with van der Waals surface area (Å²) in [6, 6.07) is 16.6. The number of ether oxygens (including phenoxy) is 2. The van der Waals surface area contributed by atoms with Crippen LogP contribution in [0.1, 0.15) is 50.9 Å². The van der Waals surface area contributed by atoms with E-state index in [1.54, 1.807) is 7.11 Å². The molecule has 1 unspecified atom stereocenters. The van der Waals surface area contributed by atoms with E-state index in [4.69, 9.17) is 14.5 Å². The van der Waals surface area contributed by atoms with Crippen LogP contribution in [0.15, 0.2) is 48.5 Å². The topological polar surface area (TPSA) is 39.5 Å². The minimum Gasteiger partial charge on any atom is -0.497 e. The van der Waals surface area contributed by atoms with Crippen LogP contribution in [0.5, 0.6) is 11.5 Å². The summed E-state index contributed by atoms with van der Waals surface area (Å²) in [6.45, 7) is 6.22. The minimum atomic E-state index is 0.329. The first kappa shape index (κ1) is 20.7. The third-order valence-electron chi connectivity index (χ3n) is 6.08. The van der Waals surface area contributed by atoms with Crippen molar-refractivity contribution in [1.29, 1.82) is 0 Å². The number of hydrogen-bond donors (Lipinski definition) is 0. The van der Waals surface area contributed by atoms with E-state index in [0.717, 1.165) is 30.0 Å². The Morgan fingerprint density at radius 1 is 0.967 bits per heavy atom. The predicted molar refractivity (Wildman–Crippen MR) is 121 cm³/mol. The SMILES string of the molecule is COc1cccc(OCCCn2c(C(C)N3CCCCCC3)nc3ccccc32)c1. The molecular weight excluding hydrogens is 374 g/mol. The predicted octanol–water partition coefficient (Wildman–Crippen LogP) is 5.45. The molecule has 5 heteroatoms. The van der Waals surface area contributed by atoms with Gasteiger partial charge in [-0.3, -0.25) is 4.90 Å². The maximum atomic E-state index is 5.97. The van der Waals surface area contributed by atoms with Crippen molar-refractivity contribution in [2.24, 2.45) is 0 Å². The quantitative estimate of drug-likeness (QED) is 0.466. The van der Waals surface area contributed by atoms with Crippen LogP contribution in [0.3, 0.4) is 0 Å². The van der Waals surface area contributed by atoms with Gasteiger partial charge in [0, 0.05) is 12.6 Å². The van der Waals surface area contributed by atoms with Crippen LogP contribution in [-0.4, -0.2) is 41.3 Å². The maximum Gasteiger partial charge on any atom is 0.127 e. The first-order valence-electron chi connectivity index (χ1n) is 11.2. The van der Waals surface area contributed by atoms with E-state index >= 15 is 0 Å². The number of methoxy groups -OCH3 is 1. The Bertz CT molecular complexity index is 944. The van der Waals surface area contributed by atoms with Crippen molar-refractivity contribution in [3.05, 3.63) is 54.4 Å². The van der Waals surface area contributed by atoms with Gasteiger partial charge >= 0.3 is 0 Å². The van der Waals surface area contributed by atoms with E-state index in [1.807, 2.05) is 24.3 Å². The molecule has 1 saturated heterocycles. The van der Waals surface area contributed by atoms with Crippen LogP contribution in [0.25, 0.3) is 11.0 Å². The summed E-state index contributed by atoms with van der Waals surface area (Å²) >= 11 is 0. The van der Waals surface area contributed by atoms with Crippen LogP contribution in [0, 0.1) is 0 Å². The molecule has 1 aliphatic heterocycles. The van der Waals surface area contributed by atoms with Crippen molar-refractivity contribution in [3.63, 3.8) is 0 Å². The Kier molecular flexibility index (Phi) is 6.90. The molecule has 4 rings (SSSR count). The second-order valence-electron chi connectivity index (χ2n) is 8.12. The molecule has 0 radical (unpaired) electrons. The van der Waals surface area contributed by atoms with Gasteiger partial charge in [0.15, 0.2) is 0 Å². The number of likely N-dealkylation sites (tertiary alicyclic amines) is 1. The Hall–Kier alpha value is -2.53. The van der Waals surface area contributed by atoms with Gasteiger partial charge in [0.25, 0.3) is 0 Å². The Morgan fingerprint density at radius 3 is 2.53 bits per heavy atom. The maximum absolute atomic E-state index is 5.97. The number of aryl methyl sites for hydroxylation is 1. The van der Waals surface area contributed by atoms with Gasteiger partial charge in [-0.15, -0.1) is 0 Å². The monoisotopic (exact) mass is 407 g/mol. The lowest BCUT2D eigenvalue weighted by atomic mass is 10.2. The van der Waals surface area contributed by atoms with Crippen molar-refractivity contribution in [1.82, 2.24) is 14.5 Å². The molecule has 1 atom stereocenters. The van der Waals surface area contributed by atoms with Crippen LogP contribution in [-0.2, 0) is 6.54 Å². The summed E-state index contributed by atoms with van der Waals surface area (Å²) in [6.07, 6.45) is 6.21. The molecule has 5 nitrogen and oxygen atoms in total. The first-order valence-corrected chi connectivity index (χ1v) is 11.2. The lowest BCUT2D eigenvalue weighted by Crippen LogP contribution is -2.30. The van der Waals surface area contributed by atoms with Crippen LogP contribution in [0.2, 0.25) is 0 Å². The molecule has 0 bridgehead atoms. The van der Waals surface area contributed by atoms with Crippen LogP contribution < -0.4 is 9.47 Å². The summed E-state index contributed by atoms with van der Waals surface area (Å²) in [4.78, 5) is 7.65. The van der Waals surface area contributed by atoms with Gasteiger partial charge in [-0.05, 0) is 63.5 Å². The summed E-state index contributed by atoms with van der Waals surface area (Å²) in [5.41, 5.74) is 2.30. The summed E-state index contributed by atoms with van der Waals surface area (Å²) in [5, 5.41) is 0. The molecule has 2 heterocycles. The number of hydrogen-bond acceptors (Lipinski definition) is 4. The molecule has 0 aliphatic carbocycles. The molecule has 1 aliphatic rings. The smallest absolute Gasteiger partial charge is 0.127 e. The Labute approximate surface area is 179 Å². The molecule has 160 valence electrons. The fourth-order valence-electron chi connectivity index (χ4n) is 4.40. The average Bonchev–Trinajstić information content (AvgIpc) is 2.95. The number of fused-ring (bicyclic) bond motifs is 1. The third-order valence-corrected chi connectivity index (χ3v) is 6.08. The number of rotatable bonds is 8. The Morgan fingerprint density at radius 2 is 1.73 bits per heavy atom. The average molecular weight is 408 g/mol. The van der Waals surface area contributed by atoms with Crippen LogP contribution in [0.4, 0.5) is 0 Å². The van der Waals surface area contributed by atoms with Gasteiger partial charge in [-0.25, -0.2) is 4.98 Å². The van der Waals surface area contributed by atoms with E-state index in [2.05, 4.69) is 40.7 Å². The molecule has 1 fully saturated rings. The molecule has 0 N–H and O–H groups in total. The summed E-state index contributed by atoms with van der Waals surface area (Å²) in [5.74, 6) is 2.85. The normalized spacial score (nSPS) is 16.3. The summed E-state index contributed by atoms with van der Waals surface area (Å²) < 4.78 is 13.7. The van der Waals surface area contributed by atoms with Gasteiger partial charge in [0.1, 0.15) is 17.3 Å². The largest absolute Gasteiger partial charge is 0.497 e. The zero-order chi connectivity index (χ0) is 20.8. The zero-order valence-electron chi connectivity index (χ0n) is 18.2. The molecule has 0 amide bonds. The second-order valence-corrected chi connectivity index (χ2v) is 8.12. The third kappa shape index (κ3) is 4.78. The highest BCUT2D eigenvalue weighted by atomic mass is 16.5. The standard InChI is InChI=1S/C25H33N3O2/c1-20(27-15-7-3-4-8-16-27)25-26-23-13-5-6-14-24(23)28(25)17-10-18-30-22-12-9-11-21(19-22)29-2/h5-6,9,11-14,19-20H,3-4,7-8,10,15-18H2,1-2H3. The van der Waals surface area contributed by atoms with E-state index in [-0.39, 0.29) is 0 Å². The number of aromatic nitrogens is 2. The summed E-state index contributed by atoms with van der Waals surface area (Å²) in [7, 11) is 1.68. The minimum absolute atomic E-state index is 0.329. The van der Waals surface area contributed by atoms with Crippen LogP contribution >= 0.6 is 0 Å². The van der Waals surface area contributed by atoms with Crippen molar-refractivity contribution in [2.75, 3.05) is 26.8 Å². The van der Waals surface area contributed by atoms with Gasteiger partial charge in [0.2, 0.25) is 0 Å². The number of imidazole rings is 1. The molecule has 30 heavy (non-hydrogen) atoms. The van der Waals surface area contributed by atoms with Gasteiger partial charge in [-0.1, -0.05) is 31.0 Å². The second kappa shape index (κ2) is 9.98. The highest BCUT2D eigenvalue weighted by molar-refractivity contribution is 5.76. The highest BCUT2D eigenvalue weighted by Crippen LogP contribution is 2.27. The number of nitrogens with zero attached hydrogens (tertiary/aromatic N) is 3. The van der Waals surface area contributed by atoms with Gasteiger partial charge < -0.3 is 14.0 Å². The number of benzene rings is 2. The molecule has 2 aromatic carbocycles. The van der Waals surface area contributed by atoms with Crippen molar-refractivity contribution in [3.8, 4) is 11.5 Å². The highest BCUT2D eigenvalue weighted by Gasteiger charge is 2.23. The first-order chi connectivity index (χ1) is 14.8. The van der Waals surface area contributed by atoms with E-state index in [0.29, 0.717) is 12.6 Å². The van der Waals surface area contributed by atoms with E-state index < -0.39 is 0 Å².